The summed E-state index contributed by atoms with van der Waals surface area (Å²) in [6.07, 6.45) is 12.1. The van der Waals surface area contributed by atoms with Gasteiger partial charge in [-0.15, -0.1) is 35.3 Å². The molecule has 0 aliphatic carbocycles. The van der Waals surface area contributed by atoms with E-state index in [1.807, 2.05) is 12.2 Å². The number of hydrogen-bond donors (Lipinski definition) is 0. The average molecular weight is 279 g/mol. The van der Waals surface area contributed by atoms with Gasteiger partial charge >= 0.3 is 0 Å². The minimum atomic E-state index is -1.93. The van der Waals surface area contributed by atoms with E-state index in [0.717, 1.165) is 31.4 Å². The van der Waals surface area contributed by atoms with E-state index in [2.05, 4.69) is 13.2 Å². The van der Waals surface area contributed by atoms with Crippen LogP contribution in [-0.4, -0.2) is 6.69 Å². The van der Waals surface area contributed by atoms with Crippen LogP contribution < -0.4 is 0 Å². The standard InChI is InChI=1S/C13H24Cl2Si/c1-3-5-7-8-9-11-13-16(14,15)12-10-6-4-2/h3-4H,1-2,5-13H2. The van der Waals surface area contributed by atoms with Crippen molar-refractivity contribution in [2.24, 2.45) is 0 Å². The third-order valence-corrected chi connectivity index (χ3v) is 7.09. The Balaban J connectivity index is 3.41. The molecule has 0 spiro atoms. The maximum absolute atomic E-state index is 6.37. The second-order valence-electron chi connectivity index (χ2n) is 4.28. The van der Waals surface area contributed by atoms with E-state index in [4.69, 9.17) is 22.2 Å². The van der Waals surface area contributed by atoms with Crippen LogP contribution in [0.25, 0.3) is 0 Å². The zero-order valence-corrected chi connectivity index (χ0v) is 12.7. The summed E-state index contributed by atoms with van der Waals surface area (Å²) in [5, 5.41) is 0. The first-order valence-corrected chi connectivity index (χ1v) is 10.7. The average Bonchev–Trinajstić information content (AvgIpc) is 2.23. The number of halogens is 2. The molecule has 0 aliphatic heterocycles. The summed E-state index contributed by atoms with van der Waals surface area (Å²) in [7, 11) is 0. The fraction of sp³-hybridized carbons (Fsp3) is 0.692. The molecule has 0 fully saturated rings. The van der Waals surface area contributed by atoms with Crippen molar-refractivity contribution < 1.29 is 0 Å². The number of rotatable bonds is 11. The molecule has 0 heterocycles. The zero-order valence-electron chi connectivity index (χ0n) is 10.2. The molecule has 0 aromatic carbocycles. The highest BCUT2D eigenvalue weighted by Crippen LogP contribution is 2.30. The fourth-order valence-corrected chi connectivity index (χ4v) is 5.00. The second-order valence-corrected chi connectivity index (χ2v) is 11.9. The van der Waals surface area contributed by atoms with Crippen LogP contribution in [0.4, 0.5) is 0 Å². The van der Waals surface area contributed by atoms with E-state index in [1.165, 1.54) is 25.7 Å². The van der Waals surface area contributed by atoms with Gasteiger partial charge in [-0.05, 0) is 37.8 Å². The third kappa shape index (κ3) is 10.8. The lowest BCUT2D eigenvalue weighted by Gasteiger charge is -2.15. The Hall–Kier alpha value is 0.277. The topological polar surface area (TPSA) is 0 Å². The van der Waals surface area contributed by atoms with Crippen molar-refractivity contribution in [1.29, 1.82) is 0 Å². The smallest absolute Gasteiger partial charge is 0.146 e. The van der Waals surface area contributed by atoms with Crippen molar-refractivity contribution in [3.05, 3.63) is 25.3 Å². The van der Waals surface area contributed by atoms with Gasteiger partial charge in [0, 0.05) is 0 Å². The maximum Gasteiger partial charge on any atom is 0.251 e. The molecule has 0 radical (unpaired) electrons. The van der Waals surface area contributed by atoms with Crippen LogP contribution >= 0.6 is 22.2 Å². The highest BCUT2D eigenvalue weighted by atomic mass is 35.7. The molecule has 0 saturated carbocycles. The summed E-state index contributed by atoms with van der Waals surface area (Å²) in [6, 6.07) is 2.05. The van der Waals surface area contributed by atoms with Gasteiger partial charge in [0.15, 0.2) is 0 Å². The van der Waals surface area contributed by atoms with Gasteiger partial charge in [0.25, 0.3) is 6.69 Å². The van der Waals surface area contributed by atoms with Crippen LogP contribution in [0, 0.1) is 0 Å². The Morgan fingerprint density at radius 2 is 1.25 bits per heavy atom. The molecule has 0 rings (SSSR count). The molecule has 0 amide bonds. The Bertz CT molecular complexity index is 190. The molecule has 0 bridgehead atoms. The normalized spacial score (nSPS) is 11.4. The lowest BCUT2D eigenvalue weighted by Crippen LogP contribution is -2.17. The van der Waals surface area contributed by atoms with E-state index in [0.29, 0.717) is 0 Å². The van der Waals surface area contributed by atoms with Crippen LogP contribution in [0.2, 0.25) is 12.1 Å². The largest absolute Gasteiger partial charge is 0.251 e. The summed E-state index contributed by atoms with van der Waals surface area (Å²) in [5.74, 6) is 0. The summed E-state index contributed by atoms with van der Waals surface area (Å²) in [6.45, 7) is 5.49. The highest BCUT2D eigenvalue weighted by Gasteiger charge is 2.26. The summed E-state index contributed by atoms with van der Waals surface area (Å²) in [5.41, 5.74) is 0. The van der Waals surface area contributed by atoms with Crippen molar-refractivity contribution in [3.63, 3.8) is 0 Å². The third-order valence-electron chi connectivity index (χ3n) is 2.65. The monoisotopic (exact) mass is 278 g/mol. The molecule has 0 unspecified atom stereocenters. The van der Waals surface area contributed by atoms with Gasteiger partial charge in [-0.25, -0.2) is 0 Å². The van der Waals surface area contributed by atoms with Crippen molar-refractivity contribution >= 4 is 28.9 Å². The predicted molar refractivity (Wildman–Crippen MR) is 79.8 cm³/mol. The van der Waals surface area contributed by atoms with Gasteiger partial charge in [0.1, 0.15) is 0 Å². The first kappa shape index (κ1) is 16.3. The lowest BCUT2D eigenvalue weighted by atomic mass is 10.1. The number of allylic oxidation sites excluding steroid dienone is 2. The van der Waals surface area contributed by atoms with Gasteiger partial charge in [0.05, 0.1) is 0 Å². The van der Waals surface area contributed by atoms with Crippen LogP contribution in [0.5, 0.6) is 0 Å². The van der Waals surface area contributed by atoms with Gasteiger partial charge in [-0.1, -0.05) is 31.4 Å². The second kappa shape index (κ2) is 10.4. The molecule has 0 nitrogen and oxygen atoms in total. The molecular weight excluding hydrogens is 255 g/mol. The molecule has 0 N–H and O–H groups in total. The molecular formula is C13H24Cl2Si. The molecule has 94 valence electrons. The Labute approximate surface area is 111 Å². The minimum absolute atomic E-state index is 1.01. The maximum atomic E-state index is 6.37. The fourth-order valence-electron chi connectivity index (χ4n) is 1.66. The first-order valence-electron chi connectivity index (χ1n) is 6.22. The lowest BCUT2D eigenvalue weighted by molar-refractivity contribution is 0.671. The van der Waals surface area contributed by atoms with Crippen LogP contribution in [0.1, 0.15) is 44.9 Å². The Morgan fingerprint density at radius 3 is 1.88 bits per heavy atom. The number of hydrogen-bond acceptors (Lipinski definition) is 0. The molecule has 0 aliphatic rings. The van der Waals surface area contributed by atoms with E-state index >= 15 is 0 Å². The Kier molecular flexibility index (Phi) is 10.6. The molecule has 16 heavy (non-hydrogen) atoms. The van der Waals surface area contributed by atoms with Crippen LogP contribution in [0.15, 0.2) is 25.3 Å². The highest BCUT2D eigenvalue weighted by molar-refractivity contribution is 7.45. The summed E-state index contributed by atoms with van der Waals surface area (Å²) in [4.78, 5) is 0. The molecule has 3 heteroatoms. The molecule has 0 aromatic heterocycles. The number of unbranched alkanes of at least 4 members (excludes halogenated alkanes) is 5. The zero-order chi connectivity index (χ0) is 12.3. The summed E-state index contributed by atoms with van der Waals surface area (Å²) >= 11 is 12.7. The van der Waals surface area contributed by atoms with E-state index in [9.17, 15) is 0 Å². The van der Waals surface area contributed by atoms with Gasteiger partial charge in [0.2, 0.25) is 0 Å². The molecule has 0 atom stereocenters. The SMILES string of the molecule is C=CCCCCCC[Si](Cl)(Cl)CCCC=C. The first-order chi connectivity index (χ1) is 7.62. The summed E-state index contributed by atoms with van der Waals surface area (Å²) < 4.78 is 0. The van der Waals surface area contributed by atoms with Gasteiger partial charge < -0.3 is 0 Å². The van der Waals surface area contributed by atoms with E-state index in [1.54, 1.807) is 0 Å². The van der Waals surface area contributed by atoms with Crippen LogP contribution in [0.3, 0.4) is 0 Å². The quantitative estimate of drug-likeness (QED) is 0.188. The molecule has 0 aromatic rings. The molecule has 0 saturated heterocycles. The van der Waals surface area contributed by atoms with Gasteiger partial charge in [-0.3, -0.25) is 0 Å². The van der Waals surface area contributed by atoms with E-state index < -0.39 is 6.69 Å². The van der Waals surface area contributed by atoms with Crippen molar-refractivity contribution in [2.75, 3.05) is 0 Å². The van der Waals surface area contributed by atoms with Crippen molar-refractivity contribution in [2.45, 2.75) is 57.0 Å². The van der Waals surface area contributed by atoms with Crippen molar-refractivity contribution in [3.8, 4) is 0 Å². The van der Waals surface area contributed by atoms with Gasteiger partial charge in [-0.2, -0.15) is 0 Å². The minimum Gasteiger partial charge on any atom is -0.146 e. The predicted octanol–water partition coefficient (Wildman–Crippen LogP) is 6.01. The van der Waals surface area contributed by atoms with Crippen molar-refractivity contribution in [1.82, 2.24) is 0 Å². The van der Waals surface area contributed by atoms with Crippen LogP contribution in [-0.2, 0) is 0 Å². The van der Waals surface area contributed by atoms with E-state index in [-0.39, 0.29) is 0 Å². The Morgan fingerprint density at radius 1 is 0.750 bits per heavy atom.